The molecule has 0 amide bonds. The van der Waals surface area contributed by atoms with E-state index in [-0.39, 0.29) is 17.6 Å². The largest absolute Gasteiger partial charge is 0.495 e. The molecule has 2 aromatic rings. The van der Waals surface area contributed by atoms with Gasteiger partial charge in [0.05, 0.1) is 34.1 Å². The number of anilines is 1. The first-order valence-corrected chi connectivity index (χ1v) is 9.81. The lowest BCUT2D eigenvalue weighted by Crippen LogP contribution is -2.26. The summed E-state index contributed by atoms with van der Waals surface area (Å²) in [6, 6.07) is 9.29. The number of nitrogen functional groups attached to an aromatic ring is 1. The SMILES string of the molecule is COc1ccc(C2CCCCC2C(=O)c2cc(OC)c(OC)c(OC)c2)cc1N. The van der Waals surface area contributed by atoms with E-state index in [1.165, 1.54) is 0 Å². The van der Waals surface area contributed by atoms with Crippen LogP contribution >= 0.6 is 0 Å². The lowest BCUT2D eigenvalue weighted by Gasteiger charge is -2.31. The van der Waals surface area contributed by atoms with Crippen molar-refractivity contribution in [3.05, 3.63) is 41.5 Å². The van der Waals surface area contributed by atoms with E-state index in [9.17, 15) is 4.79 Å². The van der Waals surface area contributed by atoms with Crippen LogP contribution < -0.4 is 24.7 Å². The molecular weight excluding hydrogens is 370 g/mol. The molecule has 0 radical (unpaired) electrons. The molecule has 0 spiro atoms. The van der Waals surface area contributed by atoms with Gasteiger partial charge < -0.3 is 24.7 Å². The van der Waals surface area contributed by atoms with Crippen molar-refractivity contribution < 1.29 is 23.7 Å². The van der Waals surface area contributed by atoms with Crippen molar-refractivity contribution in [1.29, 1.82) is 0 Å². The molecule has 2 aromatic carbocycles. The van der Waals surface area contributed by atoms with Crippen LogP contribution in [0.4, 0.5) is 5.69 Å². The highest BCUT2D eigenvalue weighted by atomic mass is 16.5. The molecule has 1 aliphatic rings. The number of hydrogen-bond acceptors (Lipinski definition) is 6. The van der Waals surface area contributed by atoms with E-state index >= 15 is 0 Å². The summed E-state index contributed by atoms with van der Waals surface area (Å²) in [5.74, 6) is 2.17. The minimum absolute atomic E-state index is 0.0864. The van der Waals surface area contributed by atoms with Crippen molar-refractivity contribution in [2.24, 2.45) is 5.92 Å². The van der Waals surface area contributed by atoms with Crippen LogP contribution in [0, 0.1) is 5.92 Å². The highest BCUT2D eigenvalue weighted by molar-refractivity contribution is 5.99. The van der Waals surface area contributed by atoms with Gasteiger partial charge in [0.15, 0.2) is 17.3 Å². The minimum atomic E-state index is -0.126. The summed E-state index contributed by atoms with van der Waals surface area (Å²) in [5.41, 5.74) is 8.36. The van der Waals surface area contributed by atoms with Gasteiger partial charge in [0.25, 0.3) is 0 Å². The molecular formula is C23H29NO5. The maximum Gasteiger partial charge on any atom is 0.203 e. The Morgan fingerprint density at radius 2 is 1.48 bits per heavy atom. The molecule has 2 atom stereocenters. The van der Waals surface area contributed by atoms with E-state index in [4.69, 9.17) is 24.7 Å². The molecule has 0 saturated heterocycles. The van der Waals surface area contributed by atoms with Crippen LogP contribution in [0.25, 0.3) is 0 Å². The number of methoxy groups -OCH3 is 4. The van der Waals surface area contributed by atoms with Gasteiger partial charge in [0.1, 0.15) is 5.75 Å². The zero-order valence-electron chi connectivity index (χ0n) is 17.5. The quantitative estimate of drug-likeness (QED) is 0.547. The Labute approximate surface area is 171 Å². The second kappa shape index (κ2) is 9.07. The highest BCUT2D eigenvalue weighted by Gasteiger charge is 2.33. The number of ketones is 1. The molecule has 0 heterocycles. The highest BCUT2D eigenvalue weighted by Crippen LogP contribution is 2.43. The number of carbonyl (C=O) groups is 1. The molecule has 2 N–H and O–H groups in total. The Hall–Kier alpha value is -2.89. The van der Waals surface area contributed by atoms with E-state index in [0.717, 1.165) is 31.2 Å². The van der Waals surface area contributed by atoms with E-state index < -0.39 is 0 Å². The molecule has 3 rings (SSSR count). The van der Waals surface area contributed by atoms with Gasteiger partial charge in [-0.1, -0.05) is 18.9 Å². The van der Waals surface area contributed by atoms with Crippen molar-refractivity contribution in [2.75, 3.05) is 34.2 Å². The molecule has 1 saturated carbocycles. The van der Waals surface area contributed by atoms with E-state index in [0.29, 0.717) is 34.2 Å². The summed E-state index contributed by atoms with van der Waals surface area (Å²) in [6.07, 6.45) is 3.91. The fourth-order valence-electron chi connectivity index (χ4n) is 4.26. The minimum Gasteiger partial charge on any atom is -0.495 e. The summed E-state index contributed by atoms with van der Waals surface area (Å²) in [7, 11) is 6.25. The third-order valence-corrected chi connectivity index (χ3v) is 5.73. The Bertz CT molecular complexity index is 855. The number of nitrogens with two attached hydrogens (primary N) is 1. The van der Waals surface area contributed by atoms with Gasteiger partial charge in [-0.2, -0.15) is 0 Å². The monoisotopic (exact) mass is 399 g/mol. The van der Waals surface area contributed by atoms with Crippen molar-refractivity contribution in [1.82, 2.24) is 0 Å². The standard InChI is InChI=1S/C23H29NO5/c1-26-19-10-9-14(11-18(19)24)16-7-5-6-8-17(16)22(25)15-12-20(27-2)23(29-4)21(13-15)28-3/h9-13,16-17H,5-8,24H2,1-4H3. The van der Waals surface area contributed by atoms with Crippen LogP contribution in [-0.2, 0) is 0 Å². The Morgan fingerprint density at radius 1 is 0.862 bits per heavy atom. The Morgan fingerprint density at radius 3 is 2.03 bits per heavy atom. The van der Waals surface area contributed by atoms with E-state index in [1.807, 2.05) is 18.2 Å². The maximum atomic E-state index is 13.5. The molecule has 6 nitrogen and oxygen atoms in total. The van der Waals surface area contributed by atoms with Gasteiger partial charge in [-0.3, -0.25) is 4.79 Å². The summed E-state index contributed by atoms with van der Waals surface area (Å²) in [5, 5.41) is 0. The lowest BCUT2D eigenvalue weighted by atomic mass is 9.72. The smallest absolute Gasteiger partial charge is 0.203 e. The van der Waals surface area contributed by atoms with Crippen LogP contribution in [-0.4, -0.2) is 34.2 Å². The Balaban J connectivity index is 1.97. The molecule has 0 bridgehead atoms. The number of rotatable bonds is 7. The summed E-state index contributed by atoms with van der Waals surface area (Å²) in [4.78, 5) is 13.5. The van der Waals surface area contributed by atoms with Crippen molar-refractivity contribution >= 4 is 11.5 Å². The molecule has 29 heavy (non-hydrogen) atoms. The predicted molar refractivity (Wildman–Crippen MR) is 113 cm³/mol. The summed E-state index contributed by atoms with van der Waals surface area (Å²) >= 11 is 0. The van der Waals surface area contributed by atoms with E-state index in [2.05, 4.69) is 0 Å². The van der Waals surface area contributed by atoms with Crippen molar-refractivity contribution in [3.63, 3.8) is 0 Å². The van der Waals surface area contributed by atoms with Gasteiger partial charge in [-0.25, -0.2) is 0 Å². The molecule has 156 valence electrons. The summed E-state index contributed by atoms with van der Waals surface area (Å²) < 4.78 is 21.5. The van der Waals surface area contributed by atoms with Gasteiger partial charge in [0, 0.05) is 11.5 Å². The topological polar surface area (TPSA) is 80.0 Å². The molecule has 0 aliphatic heterocycles. The number of Topliss-reactive ketones (excluding diaryl/α,β-unsaturated/α-hetero) is 1. The second-order valence-corrected chi connectivity index (χ2v) is 7.28. The van der Waals surface area contributed by atoms with E-state index in [1.54, 1.807) is 40.6 Å². The predicted octanol–water partition coefficient (Wildman–Crippen LogP) is 4.46. The third kappa shape index (κ3) is 4.11. The first-order valence-electron chi connectivity index (χ1n) is 9.81. The number of ether oxygens (including phenoxy) is 4. The zero-order valence-corrected chi connectivity index (χ0v) is 17.5. The van der Waals surface area contributed by atoms with Crippen LogP contribution in [0.1, 0.15) is 47.5 Å². The Kier molecular flexibility index (Phi) is 6.52. The number of benzene rings is 2. The van der Waals surface area contributed by atoms with Gasteiger partial charge in [0.2, 0.25) is 5.75 Å². The molecule has 0 aromatic heterocycles. The van der Waals surface area contributed by atoms with Crippen LogP contribution in [0.5, 0.6) is 23.0 Å². The van der Waals surface area contributed by atoms with Crippen molar-refractivity contribution in [3.8, 4) is 23.0 Å². The van der Waals surface area contributed by atoms with Crippen LogP contribution in [0.2, 0.25) is 0 Å². The third-order valence-electron chi connectivity index (χ3n) is 5.73. The fraction of sp³-hybridized carbons (Fsp3) is 0.435. The zero-order chi connectivity index (χ0) is 21.0. The average Bonchev–Trinajstić information content (AvgIpc) is 2.77. The normalized spacial score (nSPS) is 18.8. The summed E-state index contributed by atoms with van der Waals surface area (Å²) in [6.45, 7) is 0. The molecule has 1 aliphatic carbocycles. The fourth-order valence-corrected chi connectivity index (χ4v) is 4.26. The first-order chi connectivity index (χ1) is 14.0. The van der Waals surface area contributed by atoms with Crippen LogP contribution in [0.15, 0.2) is 30.3 Å². The first kappa shape index (κ1) is 20.8. The van der Waals surface area contributed by atoms with Crippen molar-refractivity contribution in [2.45, 2.75) is 31.6 Å². The average molecular weight is 399 g/mol. The van der Waals surface area contributed by atoms with Gasteiger partial charge >= 0.3 is 0 Å². The lowest BCUT2D eigenvalue weighted by molar-refractivity contribution is 0.0867. The molecule has 2 unspecified atom stereocenters. The molecule has 6 heteroatoms. The number of carbonyl (C=O) groups excluding carboxylic acids is 1. The maximum absolute atomic E-state index is 13.5. The second-order valence-electron chi connectivity index (χ2n) is 7.28. The van der Waals surface area contributed by atoms with Gasteiger partial charge in [-0.15, -0.1) is 0 Å². The number of hydrogen-bond donors (Lipinski definition) is 1. The van der Waals surface area contributed by atoms with Crippen LogP contribution in [0.3, 0.4) is 0 Å². The molecule has 1 fully saturated rings. The van der Waals surface area contributed by atoms with Gasteiger partial charge in [-0.05, 0) is 48.6 Å².